The highest BCUT2D eigenvalue weighted by Gasteiger charge is 2.19. The van der Waals surface area contributed by atoms with E-state index in [4.69, 9.17) is 14.2 Å². The smallest absolute Gasteiger partial charge is 0.306 e. The molecule has 0 bridgehead atoms. The molecular weight excluding hydrogens is 1010 g/mol. The predicted octanol–water partition coefficient (Wildman–Crippen LogP) is 23.5. The van der Waals surface area contributed by atoms with Gasteiger partial charge >= 0.3 is 17.9 Å². The highest BCUT2D eigenvalue weighted by molar-refractivity contribution is 5.71. The van der Waals surface area contributed by atoms with Crippen molar-refractivity contribution in [2.75, 3.05) is 13.2 Å². The quantitative estimate of drug-likeness (QED) is 0.0261. The number of allylic oxidation sites excluding steroid dienone is 24. The number of hydrogen-bond acceptors (Lipinski definition) is 6. The minimum absolute atomic E-state index is 0.0896. The van der Waals surface area contributed by atoms with Gasteiger partial charge in [0.25, 0.3) is 0 Å². The second kappa shape index (κ2) is 68.8. The lowest BCUT2D eigenvalue weighted by molar-refractivity contribution is -0.167. The van der Waals surface area contributed by atoms with Crippen LogP contribution in [-0.2, 0) is 28.6 Å². The molecule has 0 aliphatic rings. The molecule has 6 nitrogen and oxygen atoms in total. The van der Waals surface area contributed by atoms with Crippen molar-refractivity contribution in [3.8, 4) is 0 Å². The van der Waals surface area contributed by atoms with Crippen LogP contribution in [0, 0.1) is 0 Å². The first-order valence-corrected chi connectivity index (χ1v) is 33.8. The third kappa shape index (κ3) is 66.1. The summed E-state index contributed by atoms with van der Waals surface area (Å²) in [5.41, 5.74) is 0. The zero-order valence-corrected chi connectivity index (χ0v) is 53.2. The fourth-order valence-electron chi connectivity index (χ4n) is 9.10. The average Bonchev–Trinajstić information content (AvgIpc) is 3.47. The van der Waals surface area contributed by atoms with Crippen LogP contribution >= 0.6 is 0 Å². The van der Waals surface area contributed by atoms with Crippen LogP contribution < -0.4 is 0 Å². The van der Waals surface area contributed by atoms with Gasteiger partial charge in [0.15, 0.2) is 6.10 Å². The maximum absolute atomic E-state index is 12.9. The molecule has 82 heavy (non-hydrogen) atoms. The van der Waals surface area contributed by atoms with Gasteiger partial charge in [0.05, 0.1) is 0 Å². The molecule has 0 amide bonds. The second-order valence-corrected chi connectivity index (χ2v) is 22.0. The zero-order chi connectivity index (χ0) is 59.2. The molecule has 6 heteroatoms. The van der Waals surface area contributed by atoms with Crippen LogP contribution in [0.15, 0.2) is 146 Å². The molecular formula is C76H124O6. The molecule has 0 heterocycles. The topological polar surface area (TPSA) is 78.9 Å². The Bertz CT molecular complexity index is 1780. The molecule has 0 aromatic rings. The van der Waals surface area contributed by atoms with E-state index in [0.717, 1.165) is 161 Å². The minimum atomic E-state index is -0.796. The van der Waals surface area contributed by atoms with E-state index >= 15 is 0 Å². The molecule has 0 spiro atoms. The Morgan fingerprint density at radius 3 is 0.744 bits per heavy atom. The van der Waals surface area contributed by atoms with Gasteiger partial charge in [0.1, 0.15) is 13.2 Å². The van der Waals surface area contributed by atoms with E-state index in [2.05, 4.69) is 167 Å². The SMILES string of the molecule is CC/C=C\C/C=C\C/C=C\C/C=C\C/C=C\C/C=C\C/C=C\CCCCCCCCCCCC(=O)OCC(COC(=O)CCCCCCCCCCCCCC)OC(=O)CCCCCCC/C=C\C/C=C\C/C=C\C/C=C\C/C=C\CC. The van der Waals surface area contributed by atoms with Crippen LogP contribution in [0.4, 0.5) is 0 Å². The molecule has 0 rings (SSSR count). The molecule has 0 N–H and O–H groups in total. The monoisotopic (exact) mass is 1130 g/mol. The molecule has 0 fully saturated rings. The Morgan fingerprint density at radius 1 is 0.256 bits per heavy atom. The van der Waals surface area contributed by atoms with Crippen LogP contribution in [-0.4, -0.2) is 37.2 Å². The molecule has 0 saturated heterocycles. The number of carbonyl (C=O) groups excluding carboxylic acids is 3. The van der Waals surface area contributed by atoms with E-state index in [-0.39, 0.29) is 31.1 Å². The Labute approximate surface area is 506 Å². The molecule has 0 saturated carbocycles. The number of esters is 3. The number of rotatable bonds is 60. The summed E-state index contributed by atoms with van der Waals surface area (Å²) in [6.07, 6.45) is 98.6. The van der Waals surface area contributed by atoms with Gasteiger partial charge in [-0.1, -0.05) is 301 Å². The van der Waals surface area contributed by atoms with Gasteiger partial charge in [-0.25, -0.2) is 0 Å². The Kier molecular flexibility index (Phi) is 64.8. The van der Waals surface area contributed by atoms with E-state index in [0.29, 0.717) is 19.3 Å². The molecule has 0 radical (unpaired) electrons. The van der Waals surface area contributed by atoms with E-state index < -0.39 is 6.10 Å². The summed E-state index contributed by atoms with van der Waals surface area (Å²) in [5.74, 6) is -0.911. The fourth-order valence-corrected chi connectivity index (χ4v) is 9.10. The first kappa shape index (κ1) is 77.3. The predicted molar refractivity (Wildman–Crippen MR) is 357 cm³/mol. The third-order valence-electron chi connectivity index (χ3n) is 14.1. The molecule has 1 atom stereocenters. The molecule has 464 valence electrons. The normalized spacial score (nSPS) is 13.1. The van der Waals surface area contributed by atoms with Gasteiger partial charge in [-0.3, -0.25) is 14.4 Å². The molecule has 0 aromatic heterocycles. The molecule has 0 aromatic carbocycles. The highest BCUT2D eigenvalue weighted by Crippen LogP contribution is 2.16. The number of carbonyl (C=O) groups is 3. The van der Waals surface area contributed by atoms with Gasteiger partial charge < -0.3 is 14.2 Å². The first-order chi connectivity index (χ1) is 40.5. The van der Waals surface area contributed by atoms with Crippen molar-refractivity contribution < 1.29 is 28.6 Å². The van der Waals surface area contributed by atoms with Gasteiger partial charge in [-0.05, 0) is 122 Å². The lowest BCUT2D eigenvalue weighted by Crippen LogP contribution is -2.30. The van der Waals surface area contributed by atoms with E-state index in [9.17, 15) is 14.4 Å². The Balaban J connectivity index is 4.33. The van der Waals surface area contributed by atoms with Crippen LogP contribution in [0.3, 0.4) is 0 Å². The summed E-state index contributed by atoms with van der Waals surface area (Å²) in [6.45, 7) is 6.40. The van der Waals surface area contributed by atoms with Crippen LogP contribution in [0.5, 0.6) is 0 Å². The van der Waals surface area contributed by atoms with Gasteiger partial charge in [-0.2, -0.15) is 0 Å². The zero-order valence-electron chi connectivity index (χ0n) is 53.2. The lowest BCUT2D eigenvalue weighted by atomic mass is 10.0. The summed E-state index contributed by atoms with van der Waals surface area (Å²) in [4.78, 5) is 38.4. The van der Waals surface area contributed by atoms with Crippen LogP contribution in [0.2, 0.25) is 0 Å². The highest BCUT2D eigenvalue weighted by atomic mass is 16.6. The molecule has 0 aliphatic heterocycles. The summed E-state index contributed by atoms with van der Waals surface area (Å²) < 4.78 is 16.9. The summed E-state index contributed by atoms with van der Waals surface area (Å²) in [5, 5.41) is 0. The summed E-state index contributed by atoms with van der Waals surface area (Å²) in [6, 6.07) is 0. The van der Waals surface area contributed by atoms with E-state index in [1.807, 2.05) is 0 Å². The van der Waals surface area contributed by atoms with Crippen molar-refractivity contribution in [1.82, 2.24) is 0 Å². The summed E-state index contributed by atoms with van der Waals surface area (Å²) >= 11 is 0. The van der Waals surface area contributed by atoms with Gasteiger partial charge in [-0.15, -0.1) is 0 Å². The van der Waals surface area contributed by atoms with Crippen LogP contribution in [0.25, 0.3) is 0 Å². The number of unbranched alkanes of at least 4 members (excludes halogenated alkanes) is 25. The second-order valence-electron chi connectivity index (χ2n) is 22.0. The van der Waals surface area contributed by atoms with Gasteiger partial charge in [0.2, 0.25) is 0 Å². The fraction of sp³-hybridized carbons (Fsp3) is 0.645. The third-order valence-corrected chi connectivity index (χ3v) is 14.1. The minimum Gasteiger partial charge on any atom is -0.462 e. The average molecular weight is 1130 g/mol. The van der Waals surface area contributed by atoms with Crippen molar-refractivity contribution in [2.45, 2.75) is 303 Å². The maximum Gasteiger partial charge on any atom is 0.306 e. The van der Waals surface area contributed by atoms with E-state index in [1.54, 1.807) is 0 Å². The first-order valence-electron chi connectivity index (χ1n) is 33.8. The van der Waals surface area contributed by atoms with Crippen molar-refractivity contribution >= 4 is 17.9 Å². The van der Waals surface area contributed by atoms with Crippen molar-refractivity contribution in [1.29, 1.82) is 0 Å². The van der Waals surface area contributed by atoms with Crippen molar-refractivity contribution in [2.24, 2.45) is 0 Å². The van der Waals surface area contributed by atoms with Gasteiger partial charge in [0, 0.05) is 19.3 Å². The number of hydrogen-bond donors (Lipinski definition) is 0. The van der Waals surface area contributed by atoms with E-state index in [1.165, 1.54) is 96.3 Å². The van der Waals surface area contributed by atoms with Crippen LogP contribution in [0.1, 0.15) is 297 Å². The van der Waals surface area contributed by atoms with Crippen molar-refractivity contribution in [3.05, 3.63) is 146 Å². The lowest BCUT2D eigenvalue weighted by Gasteiger charge is -2.18. The standard InChI is InChI=1S/C76H124O6/c1-4-7-10-13-16-19-22-25-27-29-31-33-34-35-36-37-38-39-40-41-42-44-45-47-49-51-54-57-60-63-66-69-75(78)81-72-73(71-80-74(77)68-65-62-59-56-53-24-21-18-15-12-9-6-3)82-76(79)70-67-64-61-58-55-52-50-48-46-43-32-30-28-26-23-20-17-14-11-8-5-2/h7-8,10-11,16-17,19-20,25-28,31-33,35-36,38-39,41-43,48,50,73H,4-6,9,12-15,18,21-24,29-30,34,37,40,44-47,49,51-72H2,1-3H3/b10-7-,11-8-,19-16-,20-17-,27-25-,28-26-,33-31-,36-35-,39-38-,42-41-,43-32-,50-48-. The number of ether oxygens (including phenoxy) is 3. The van der Waals surface area contributed by atoms with Crippen molar-refractivity contribution in [3.63, 3.8) is 0 Å². The summed E-state index contributed by atoms with van der Waals surface area (Å²) in [7, 11) is 0. The molecule has 1 unspecified atom stereocenters. The Morgan fingerprint density at radius 2 is 0.476 bits per heavy atom. The Hall–Kier alpha value is -4.71. The molecule has 0 aliphatic carbocycles. The maximum atomic E-state index is 12.9. The largest absolute Gasteiger partial charge is 0.462 e.